The monoisotopic (exact) mass is 217 g/mol. The van der Waals surface area contributed by atoms with Gasteiger partial charge in [-0.25, -0.2) is 0 Å². The van der Waals surface area contributed by atoms with Crippen molar-refractivity contribution < 1.29 is 0 Å². The third-order valence-electron chi connectivity index (χ3n) is 2.35. The average molecular weight is 218 g/mol. The second-order valence-corrected chi connectivity index (χ2v) is 3.79. The maximum atomic E-state index is 5.73. The number of pyridine rings is 1. The molecule has 76 valence electrons. The number of aromatic nitrogens is 1. The summed E-state index contributed by atoms with van der Waals surface area (Å²) in [5, 5.41) is 0. The first-order valence-corrected chi connectivity index (χ1v) is 5.41. The molecular formula is C13H12ClN. The van der Waals surface area contributed by atoms with Crippen LogP contribution in [0.1, 0.15) is 11.3 Å². The maximum Gasteiger partial charge on any atom is 0.0474 e. The fourth-order valence-corrected chi connectivity index (χ4v) is 1.60. The molecule has 0 aliphatic rings. The van der Waals surface area contributed by atoms with Gasteiger partial charge in [0.05, 0.1) is 0 Å². The number of hydrogen-bond acceptors (Lipinski definition) is 1. The lowest BCUT2D eigenvalue weighted by Gasteiger charge is -2.02. The highest BCUT2D eigenvalue weighted by Gasteiger charge is 1.97. The number of aryl methyl sites for hydroxylation is 1. The third-order valence-corrected chi connectivity index (χ3v) is 2.66. The largest absolute Gasteiger partial charge is 0.261 e. The van der Waals surface area contributed by atoms with E-state index in [-0.39, 0.29) is 0 Å². The van der Waals surface area contributed by atoms with Gasteiger partial charge in [-0.1, -0.05) is 30.3 Å². The van der Waals surface area contributed by atoms with Crippen LogP contribution in [0.25, 0.3) is 11.1 Å². The molecule has 2 aromatic rings. The van der Waals surface area contributed by atoms with Crippen LogP contribution < -0.4 is 0 Å². The predicted molar refractivity (Wildman–Crippen MR) is 64.0 cm³/mol. The van der Waals surface area contributed by atoms with Gasteiger partial charge in [0, 0.05) is 23.3 Å². The molecule has 1 aromatic carbocycles. The van der Waals surface area contributed by atoms with Gasteiger partial charge in [0.2, 0.25) is 0 Å². The minimum Gasteiger partial charge on any atom is -0.261 e. The van der Waals surface area contributed by atoms with Crippen molar-refractivity contribution in [1.82, 2.24) is 4.98 Å². The van der Waals surface area contributed by atoms with Crippen molar-refractivity contribution in [2.75, 3.05) is 0 Å². The Balaban J connectivity index is 2.33. The fraction of sp³-hybridized carbons (Fsp3) is 0.154. The first-order valence-electron chi connectivity index (χ1n) is 4.87. The van der Waals surface area contributed by atoms with Crippen molar-refractivity contribution in [2.45, 2.75) is 12.8 Å². The van der Waals surface area contributed by atoms with Crippen molar-refractivity contribution >= 4 is 11.6 Å². The molecule has 2 heteroatoms. The molecule has 0 saturated heterocycles. The summed E-state index contributed by atoms with van der Waals surface area (Å²) in [5.74, 6) is 0.562. The van der Waals surface area contributed by atoms with Crippen LogP contribution in [0.2, 0.25) is 0 Å². The highest BCUT2D eigenvalue weighted by molar-refractivity contribution is 6.17. The van der Waals surface area contributed by atoms with E-state index >= 15 is 0 Å². The second kappa shape index (κ2) is 4.45. The second-order valence-electron chi connectivity index (χ2n) is 3.52. The van der Waals surface area contributed by atoms with Crippen LogP contribution in [0.5, 0.6) is 0 Å². The molecule has 0 saturated carbocycles. The summed E-state index contributed by atoms with van der Waals surface area (Å²) in [6.07, 6.45) is 1.89. The van der Waals surface area contributed by atoms with Crippen LogP contribution >= 0.6 is 11.6 Å². The first kappa shape index (κ1) is 10.2. The number of halogens is 1. The van der Waals surface area contributed by atoms with E-state index in [0.717, 1.165) is 16.8 Å². The molecule has 0 N–H and O–H groups in total. The maximum absolute atomic E-state index is 5.73. The Hall–Kier alpha value is -1.34. The number of rotatable bonds is 2. The smallest absolute Gasteiger partial charge is 0.0474 e. The van der Waals surface area contributed by atoms with Crippen LogP contribution in [0.4, 0.5) is 0 Å². The van der Waals surface area contributed by atoms with E-state index in [1.54, 1.807) is 0 Å². The Morgan fingerprint density at radius 2 is 1.67 bits per heavy atom. The van der Waals surface area contributed by atoms with Crippen LogP contribution in [0, 0.1) is 6.92 Å². The van der Waals surface area contributed by atoms with Gasteiger partial charge in [0.25, 0.3) is 0 Å². The van der Waals surface area contributed by atoms with Gasteiger partial charge in [-0.3, -0.25) is 4.98 Å². The molecule has 15 heavy (non-hydrogen) atoms. The zero-order valence-corrected chi connectivity index (χ0v) is 9.33. The van der Waals surface area contributed by atoms with E-state index in [0.29, 0.717) is 5.88 Å². The first-order chi connectivity index (χ1) is 7.29. The number of hydrogen-bond donors (Lipinski definition) is 0. The van der Waals surface area contributed by atoms with Gasteiger partial charge in [-0.05, 0) is 24.1 Å². The summed E-state index contributed by atoms with van der Waals surface area (Å²) in [7, 11) is 0. The van der Waals surface area contributed by atoms with Crippen LogP contribution in [-0.4, -0.2) is 4.98 Å². The Morgan fingerprint density at radius 1 is 1.00 bits per heavy atom. The molecule has 0 spiro atoms. The Bertz CT molecular complexity index is 431. The SMILES string of the molecule is Cc1ccc(-c2ccc(CCl)cc2)cn1. The van der Waals surface area contributed by atoms with Gasteiger partial charge < -0.3 is 0 Å². The standard InChI is InChI=1S/C13H12ClN/c1-10-2-5-13(9-15-10)12-6-3-11(8-14)4-7-12/h2-7,9H,8H2,1H3. The summed E-state index contributed by atoms with van der Waals surface area (Å²) in [6.45, 7) is 1.99. The molecule has 0 radical (unpaired) electrons. The van der Waals surface area contributed by atoms with E-state index in [4.69, 9.17) is 11.6 Å². The van der Waals surface area contributed by atoms with E-state index in [9.17, 15) is 0 Å². The molecule has 0 unspecified atom stereocenters. The lowest BCUT2D eigenvalue weighted by molar-refractivity contribution is 1.20. The van der Waals surface area contributed by atoms with E-state index in [1.807, 2.05) is 31.3 Å². The topological polar surface area (TPSA) is 12.9 Å². The Morgan fingerprint density at radius 3 is 2.20 bits per heavy atom. The van der Waals surface area contributed by atoms with Crippen LogP contribution in [0.3, 0.4) is 0 Å². The van der Waals surface area contributed by atoms with Crippen molar-refractivity contribution in [3.05, 3.63) is 53.9 Å². The normalized spacial score (nSPS) is 10.3. The lowest BCUT2D eigenvalue weighted by atomic mass is 10.1. The predicted octanol–water partition coefficient (Wildman–Crippen LogP) is 3.80. The molecule has 0 atom stereocenters. The number of benzene rings is 1. The lowest BCUT2D eigenvalue weighted by Crippen LogP contribution is -1.83. The van der Waals surface area contributed by atoms with Gasteiger partial charge in [0.1, 0.15) is 0 Å². The summed E-state index contributed by atoms with van der Waals surface area (Å²) in [4.78, 5) is 4.27. The average Bonchev–Trinajstić information content (AvgIpc) is 2.30. The third kappa shape index (κ3) is 2.37. The Labute approximate surface area is 94.7 Å². The molecule has 0 aliphatic heterocycles. The van der Waals surface area contributed by atoms with Gasteiger partial charge in [-0.15, -0.1) is 11.6 Å². The van der Waals surface area contributed by atoms with Gasteiger partial charge in [-0.2, -0.15) is 0 Å². The minimum absolute atomic E-state index is 0.562. The van der Waals surface area contributed by atoms with E-state index in [2.05, 4.69) is 23.2 Å². The molecule has 2 rings (SSSR count). The van der Waals surface area contributed by atoms with Gasteiger partial charge in [0.15, 0.2) is 0 Å². The zero-order valence-electron chi connectivity index (χ0n) is 8.57. The quantitative estimate of drug-likeness (QED) is 0.698. The molecule has 0 fully saturated rings. The van der Waals surface area contributed by atoms with Crippen molar-refractivity contribution in [3.8, 4) is 11.1 Å². The van der Waals surface area contributed by atoms with Crippen molar-refractivity contribution in [3.63, 3.8) is 0 Å². The molecule has 0 bridgehead atoms. The summed E-state index contributed by atoms with van der Waals surface area (Å²) in [6, 6.07) is 12.3. The molecule has 0 aliphatic carbocycles. The molecule has 0 amide bonds. The summed E-state index contributed by atoms with van der Waals surface area (Å²) < 4.78 is 0. The van der Waals surface area contributed by atoms with Gasteiger partial charge >= 0.3 is 0 Å². The van der Waals surface area contributed by atoms with Crippen molar-refractivity contribution in [2.24, 2.45) is 0 Å². The van der Waals surface area contributed by atoms with Crippen molar-refractivity contribution in [1.29, 1.82) is 0 Å². The number of nitrogens with zero attached hydrogens (tertiary/aromatic N) is 1. The van der Waals surface area contributed by atoms with E-state index in [1.165, 1.54) is 5.56 Å². The highest BCUT2D eigenvalue weighted by Crippen LogP contribution is 2.19. The molecule has 1 aromatic heterocycles. The van der Waals surface area contributed by atoms with Crippen LogP contribution in [0.15, 0.2) is 42.6 Å². The number of alkyl halides is 1. The molecule has 1 nitrogen and oxygen atoms in total. The van der Waals surface area contributed by atoms with E-state index < -0.39 is 0 Å². The van der Waals surface area contributed by atoms with Crippen LogP contribution in [-0.2, 0) is 5.88 Å². The zero-order chi connectivity index (χ0) is 10.7. The minimum atomic E-state index is 0.562. The Kier molecular flexibility index (Phi) is 3.02. The highest BCUT2D eigenvalue weighted by atomic mass is 35.5. The molecular weight excluding hydrogens is 206 g/mol. The summed E-state index contributed by atoms with van der Waals surface area (Å²) in [5.41, 5.74) is 4.50. The summed E-state index contributed by atoms with van der Waals surface area (Å²) >= 11 is 5.73. The fourth-order valence-electron chi connectivity index (χ4n) is 1.42. The molecule has 1 heterocycles.